The van der Waals surface area contributed by atoms with E-state index in [9.17, 15) is 13.2 Å². The number of hydrogen-bond donors (Lipinski definition) is 2. The van der Waals surface area contributed by atoms with Crippen LogP contribution < -0.4 is 10.5 Å². The molecule has 1 fully saturated rings. The van der Waals surface area contributed by atoms with Gasteiger partial charge in [-0.25, -0.2) is 8.42 Å². The summed E-state index contributed by atoms with van der Waals surface area (Å²) in [5.74, 6) is -0.690. The molecule has 116 valence electrons. The summed E-state index contributed by atoms with van der Waals surface area (Å²) in [6.45, 7) is -0.164. The first-order valence-corrected chi connectivity index (χ1v) is 8.30. The Morgan fingerprint density at radius 3 is 2.67 bits per heavy atom. The summed E-state index contributed by atoms with van der Waals surface area (Å²) in [5, 5.41) is 9.07. The van der Waals surface area contributed by atoms with E-state index < -0.39 is 21.5 Å². The molecule has 1 aromatic rings. The Kier molecular flexibility index (Phi) is 4.29. The third-order valence-corrected chi connectivity index (χ3v) is 5.91. The fraction of sp³-hybridized carbons (Fsp3) is 0.417. The monoisotopic (exact) mass is 378 g/mol. The number of carboxylic acid groups (broad SMARTS) is 1. The minimum Gasteiger partial charge on any atom is -0.496 e. The molecule has 0 radical (unpaired) electrons. The average Bonchev–Trinajstić information content (AvgIpc) is 2.83. The number of nitrogens with zero attached hydrogens (tertiary/aromatic N) is 1. The van der Waals surface area contributed by atoms with E-state index in [1.54, 1.807) is 0 Å². The van der Waals surface area contributed by atoms with Crippen LogP contribution in [0.1, 0.15) is 6.42 Å². The van der Waals surface area contributed by atoms with Crippen LogP contribution in [-0.2, 0) is 14.8 Å². The normalized spacial score (nSPS) is 23.2. The van der Waals surface area contributed by atoms with Gasteiger partial charge in [0.25, 0.3) is 0 Å². The van der Waals surface area contributed by atoms with Gasteiger partial charge in [0.05, 0.1) is 16.5 Å². The number of ether oxygens (including phenoxy) is 1. The zero-order valence-corrected chi connectivity index (χ0v) is 13.6. The summed E-state index contributed by atoms with van der Waals surface area (Å²) in [6, 6.07) is 4.36. The van der Waals surface area contributed by atoms with E-state index in [1.807, 2.05) is 0 Å². The number of benzene rings is 1. The van der Waals surface area contributed by atoms with Crippen molar-refractivity contribution in [1.82, 2.24) is 4.31 Å². The van der Waals surface area contributed by atoms with Crippen LogP contribution in [0.15, 0.2) is 27.6 Å². The smallest absolute Gasteiger partial charge is 0.325 e. The summed E-state index contributed by atoms with van der Waals surface area (Å²) < 4.78 is 31.7. The highest BCUT2D eigenvalue weighted by Gasteiger charge is 2.45. The third-order valence-electron chi connectivity index (χ3n) is 3.45. The summed E-state index contributed by atoms with van der Waals surface area (Å²) >= 11 is 3.23. The quantitative estimate of drug-likeness (QED) is 0.794. The van der Waals surface area contributed by atoms with Crippen molar-refractivity contribution in [3.8, 4) is 5.75 Å². The molecular weight excluding hydrogens is 364 g/mol. The number of carboxylic acids is 1. The number of sulfonamides is 1. The lowest BCUT2D eigenvalue weighted by Crippen LogP contribution is -2.50. The van der Waals surface area contributed by atoms with Crippen LogP contribution >= 0.6 is 15.9 Å². The Morgan fingerprint density at radius 2 is 2.19 bits per heavy atom. The summed E-state index contributed by atoms with van der Waals surface area (Å²) in [5.41, 5.74) is 4.18. The van der Waals surface area contributed by atoms with Gasteiger partial charge in [0, 0.05) is 13.1 Å². The number of nitrogens with two attached hydrogens (primary N) is 1. The maximum absolute atomic E-state index is 12.5. The van der Waals surface area contributed by atoms with E-state index in [2.05, 4.69) is 15.9 Å². The molecule has 1 aliphatic heterocycles. The molecule has 21 heavy (non-hydrogen) atoms. The Labute approximate surface area is 130 Å². The second kappa shape index (κ2) is 5.56. The Balaban J connectivity index is 2.32. The number of methoxy groups -OCH3 is 1. The van der Waals surface area contributed by atoms with Crippen molar-refractivity contribution in [3.05, 3.63) is 22.7 Å². The van der Waals surface area contributed by atoms with E-state index in [0.717, 1.165) is 4.31 Å². The highest BCUT2D eigenvalue weighted by Crippen LogP contribution is 2.31. The van der Waals surface area contributed by atoms with Crippen molar-refractivity contribution in [2.75, 3.05) is 20.2 Å². The number of rotatable bonds is 4. The first-order chi connectivity index (χ1) is 9.70. The average molecular weight is 379 g/mol. The van der Waals surface area contributed by atoms with Crippen molar-refractivity contribution in [2.24, 2.45) is 5.73 Å². The second-order valence-corrected chi connectivity index (χ2v) is 7.64. The molecule has 0 amide bonds. The van der Waals surface area contributed by atoms with Crippen molar-refractivity contribution in [3.63, 3.8) is 0 Å². The van der Waals surface area contributed by atoms with Crippen molar-refractivity contribution < 1.29 is 23.1 Å². The second-order valence-electron chi connectivity index (χ2n) is 4.85. The minimum absolute atomic E-state index is 0.0600. The van der Waals surface area contributed by atoms with Crippen molar-refractivity contribution in [2.45, 2.75) is 16.9 Å². The van der Waals surface area contributed by atoms with Gasteiger partial charge in [0.1, 0.15) is 11.3 Å². The number of halogens is 1. The first-order valence-electron chi connectivity index (χ1n) is 6.07. The first kappa shape index (κ1) is 16.2. The number of carbonyl (C=O) groups is 1. The zero-order valence-electron chi connectivity index (χ0n) is 11.2. The van der Waals surface area contributed by atoms with Gasteiger partial charge in [-0.2, -0.15) is 4.31 Å². The van der Waals surface area contributed by atoms with Gasteiger partial charge in [0.2, 0.25) is 10.0 Å². The van der Waals surface area contributed by atoms with Crippen LogP contribution in [-0.4, -0.2) is 49.5 Å². The Morgan fingerprint density at radius 1 is 1.52 bits per heavy atom. The van der Waals surface area contributed by atoms with E-state index in [1.165, 1.54) is 25.3 Å². The maximum atomic E-state index is 12.5. The topological polar surface area (TPSA) is 110 Å². The molecule has 1 aromatic carbocycles. The molecule has 0 spiro atoms. The van der Waals surface area contributed by atoms with Crippen LogP contribution in [0, 0.1) is 0 Å². The highest BCUT2D eigenvalue weighted by atomic mass is 79.9. The van der Waals surface area contributed by atoms with Gasteiger partial charge >= 0.3 is 5.97 Å². The summed E-state index contributed by atoms with van der Waals surface area (Å²) in [6.07, 6.45) is 0.0822. The minimum atomic E-state index is -3.79. The predicted octanol–water partition coefficient (Wildman–Crippen LogP) is 0.634. The summed E-state index contributed by atoms with van der Waals surface area (Å²) in [4.78, 5) is 11.2. The van der Waals surface area contributed by atoms with Gasteiger partial charge in [-0.05, 0) is 40.5 Å². The van der Waals surface area contributed by atoms with Crippen LogP contribution in [0.5, 0.6) is 5.75 Å². The van der Waals surface area contributed by atoms with E-state index in [-0.39, 0.29) is 24.4 Å². The lowest BCUT2D eigenvalue weighted by Gasteiger charge is -2.20. The van der Waals surface area contributed by atoms with Gasteiger partial charge in [-0.3, -0.25) is 4.79 Å². The number of aliphatic carboxylic acids is 1. The molecule has 0 aromatic heterocycles. The fourth-order valence-electron chi connectivity index (χ4n) is 2.13. The summed E-state index contributed by atoms with van der Waals surface area (Å²) in [7, 11) is -2.31. The Bertz CT molecular complexity index is 678. The molecule has 7 nitrogen and oxygen atoms in total. The molecule has 0 bridgehead atoms. The molecule has 1 atom stereocenters. The molecule has 1 saturated heterocycles. The SMILES string of the molecule is COc1ccc(S(=O)(=O)N2CCC(N)(C(=O)O)C2)cc1Br. The van der Waals surface area contributed by atoms with E-state index >= 15 is 0 Å². The van der Waals surface area contributed by atoms with Gasteiger partial charge < -0.3 is 15.6 Å². The molecule has 9 heteroatoms. The third kappa shape index (κ3) is 2.91. The van der Waals surface area contributed by atoms with E-state index in [0.29, 0.717) is 10.2 Å². The van der Waals surface area contributed by atoms with Crippen LogP contribution in [0.2, 0.25) is 0 Å². The molecule has 1 heterocycles. The van der Waals surface area contributed by atoms with Gasteiger partial charge in [0.15, 0.2) is 0 Å². The Hall–Kier alpha value is -1.16. The van der Waals surface area contributed by atoms with Gasteiger partial charge in [-0.1, -0.05) is 0 Å². The molecule has 1 unspecified atom stereocenters. The highest BCUT2D eigenvalue weighted by molar-refractivity contribution is 9.10. The lowest BCUT2D eigenvalue weighted by atomic mass is 10.0. The fourth-order valence-corrected chi connectivity index (χ4v) is 4.36. The maximum Gasteiger partial charge on any atom is 0.325 e. The van der Waals surface area contributed by atoms with Gasteiger partial charge in [-0.15, -0.1) is 0 Å². The molecule has 3 N–H and O–H groups in total. The number of hydrogen-bond acceptors (Lipinski definition) is 5. The lowest BCUT2D eigenvalue weighted by molar-refractivity contribution is -0.142. The largest absolute Gasteiger partial charge is 0.496 e. The van der Waals surface area contributed by atoms with Crippen molar-refractivity contribution >= 4 is 31.9 Å². The molecule has 2 rings (SSSR count). The van der Waals surface area contributed by atoms with Crippen LogP contribution in [0.25, 0.3) is 0 Å². The predicted molar refractivity (Wildman–Crippen MR) is 78.6 cm³/mol. The molecule has 1 aliphatic rings. The van der Waals surface area contributed by atoms with Crippen molar-refractivity contribution in [1.29, 1.82) is 0 Å². The zero-order chi connectivity index (χ0) is 15.8. The van der Waals surface area contributed by atoms with Crippen LogP contribution in [0.4, 0.5) is 0 Å². The van der Waals surface area contributed by atoms with Crippen LogP contribution in [0.3, 0.4) is 0 Å². The molecule has 0 aliphatic carbocycles. The molecule has 0 saturated carbocycles. The standard InChI is InChI=1S/C12H15BrN2O5S/c1-20-10-3-2-8(6-9(10)13)21(18,19)15-5-4-12(14,7-15)11(16)17/h2-3,6H,4-5,7,14H2,1H3,(H,16,17). The molecular formula is C12H15BrN2O5S. The van der Waals surface area contributed by atoms with E-state index in [4.69, 9.17) is 15.6 Å².